The Kier molecular flexibility index (Phi) is 2.37. The van der Waals surface area contributed by atoms with Crippen molar-refractivity contribution in [1.29, 1.82) is 0 Å². The van der Waals surface area contributed by atoms with Gasteiger partial charge in [-0.2, -0.15) is 0 Å². The van der Waals surface area contributed by atoms with Crippen LogP contribution >= 0.6 is 0 Å². The van der Waals surface area contributed by atoms with Crippen LogP contribution in [0, 0.1) is 6.92 Å². The van der Waals surface area contributed by atoms with Gasteiger partial charge in [-0.3, -0.25) is 0 Å². The minimum absolute atomic E-state index is 0.140. The predicted molar refractivity (Wildman–Crippen MR) is 70.6 cm³/mol. The van der Waals surface area contributed by atoms with Gasteiger partial charge in [0, 0.05) is 16.8 Å². The van der Waals surface area contributed by atoms with E-state index in [1.807, 2.05) is 0 Å². The van der Waals surface area contributed by atoms with E-state index < -0.39 is 0 Å². The number of aryl methyl sites for hydroxylation is 1. The lowest BCUT2D eigenvalue weighted by atomic mass is 9.81. The van der Waals surface area contributed by atoms with Gasteiger partial charge < -0.3 is 4.98 Å². The second-order valence-electron chi connectivity index (χ2n) is 5.63. The average Bonchev–Trinajstić information content (AvgIpc) is 2.61. The van der Waals surface area contributed by atoms with Gasteiger partial charge in [-0.05, 0) is 50.5 Å². The van der Waals surface area contributed by atoms with Crippen LogP contribution in [-0.2, 0) is 5.41 Å². The average molecular weight is 215 g/mol. The molecule has 0 saturated carbocycles. The quantitative estimate of drug-likeness (QED) is 0.716. The molecule has 0 aliphatic heterocycles. The molecule has 1 aliphatic rings. The zero-order chi connectivity index (χ0) is 12.1. The van der Waals surface area contributed by atoms with E-state index in [1.165, 1.54) is 33.7 Å². The topological polar surface area (TPSA) is 15.8 Å². The summed E-state index contributed by atoms with van der Waals surface area (Å²) in [5.41, 5.74) is 8.38. The van der Waals surface area contributed by atoms with Crippen LogP contribution in [0.15, 0.2) is 23.3 Å². The monoisotopic (exact) mass is 215 g/mol. The Bertz CT molecular complexity index is 492. The van der Waals surface area contributed by atoms with Gasteiger partial charge in [-0.1, -0.05) is 25.5 Å². The summed E-state index contributed by atoms with van der Waals surface area (Å²) in [6.07, 6.45) is 2.32. The second kappa shape index (κ2) is 3.38. The van der Waals surface area contributed by atoms with Crippen LogP contribution in [0.25, 0.3) is 5.57 Å². The van der Waals surface area contributed by atoms with Crippen LogP contribution in [0.1, 0.15) is 51.6 Å². The molecule has 0 fully saturated rings. The summed E-state index contributed by atoms with van der Waals surface area (Å²) in [5.74, 6) is 0. The van der Waals surface area contributed by atoms with E-state index in [1.54, 1.807) is 0 Å². The maximum atomic E-state index is 3.48. The molecule has 0 amide bonds. The van der Waals surface area contributed by atoms with Crippen LogP contribution < -0.4 is 0 Å². The van der Waals surface area contributed by atoms with E-state index >= 15 is 0 Å². The Morgan fingerprint density at radius 1 is 1.25 bits per heavy atom. The number of nitrogens with one attached hydrogen (secondary N) is 1. The number of aromatic amines is 1. The normalized spacial score (nSPS) is 17.6. The van der Waals surface area contributed by atoms with Gasteiger partial charge in [-0.25, -0.2) is 0 Å². The van der Waals surface area contributed by atoms with Crippen LogP contribution in [0.4, 0.5) is 0 Å². The summed E-state index contributed by atoms with van der Waals surface area (Å²) >= 11 is 0. The van der Waals surface area contributed by atoms with Crippen LogP contribution in [0.3, 0.4) is 0 Å². The molecule has 1 heterocycles. The molecule has 0 unspecified atom stereocenters. The molecule has 2 rings (SSSR count). The van der Waals surface area contributed by atoms with Crippen molar-refractivity contribution in [2.75, 3.05) is 0 Å². The van der Waals surface area contributed by atoms with E-state index in [-0.39, 0.29) is 5.41 Å². The lowest BCUT2D eigenvalue weighted by molar-refractivity contribution is 0.654. The van der Waals surface area contributed by atoms with Gasteiger partial charge in [0.15, 0.2) is 0 Å². The molecule has 1 nitrogen and oxygen atoms in total. The summed E-state index contributed by atoms with van der Waals surface area (Å²) in [7, 11) is 0. The molecule has 1 aromatic rings. The summed E-state index contributed by atoms with van der Waals surface area (Å²) in [6, 6.07) is 2.28. The van der Waals surface area contributed by atoms with E-state index in [0.717, 1.165) is 0 Å². The summed E-state index contributed by atoms with van der Waals surface area (Å²) in [5, 5.41) is 0. The van der Waals surface area contributed by atoms with E-state index in [2.05, 4.69) is 58.7 Å². The zero-order valence-corrected chi connectivity index (χ0v) is 11.2. The molecule has 0 saturated heterocycles. The number of H-pyrrole nitrogens is 1. The number of fused-ring (bicyclic) bond motifs is 1. The smallest absolute Gasteiger partial charge is 0.0456 e. The Morgan fingerprint density at radius 2 is 1.88 bits per heavy atom. The number of hydrogen-bond acceptors (Lipinski definition) is 0. The molecule has 1 N–H and O–H groups in total. The fraction of sp³-hybridized carbons (Fsp3) is 0.467. The number of hydrogen-bond donors (Lipinski definition) is 1. The van der Waals surface area contributed by atoms with Crippen molar-refractivity contribution in [2.45, 2.75) is 47.0 Å². The van der Waals surface area contributed by atoms with Crippen LogP contribution in [0.5, 0.6) is 0 Å². The third-order valence-electron chi connectivity index (χ3n) is 3.51. The highest BCUT2D eigenvalue weighted by atomic mass is 14.7. The maximum absolute atomic E-state index is 3.48. The Hall–Kier alpha value is -1.24. The predicted octanol–water partition coefficient (Wildman–Crippen LogP) is 4.35. The largest absolute Gasteiger partial charge is 0.359 e. The minimum atomic E-state index is 0.140. The highest BCUT2D eigenvalue weighted by Crippen LogP contribution is 2.46. The Labute approximate surface area is 98.3 Å². The Balaban J connectivity index is 2.65. The summed E-state index contributed by atoms with van der Waals surface area (Å²) < 4.78 is 0. The molecular formula is C15H21N. The lowest BCUT2D eigenvalue weighted by Crippen LogP contribution is -2.15. The molecule has 0 radical (unpaired) electrons. The van der Waals surface area contributed by atoms with Crippen molar-refractivity contribution >= 4 is 5.57 Å². The van der Waals surface area contributed by atoms with Crippen LogP contribution in [-0.4, -0.2) is 4.98 Å². The first-order valence-corrected chi connectivity index (χ1v) is 5.90. The second-order valence-corrected chi connectivity index (χ2v) is 5.63. The Morgan fingerprint density at radius 3 is 2.38 bits per heavy atom. The summed E-state index contributed by atoms with van der Waals surface area (Å²) in [6.45, 7) is 13.3. The highest BCUT2D eigenvalue weighted by Gasteiger charge is 2.36. The third kappa shape index (κ3) is 1.46. The first-order valence-electron chi connectivity index (χ1n) is 5.90. The van der Waals surface area contributed by atoms with Gasteiger partial charge in [0.25, 0.3) is 0 Å². The van der Waals surface area contributed by atoms with Gasteiger partial charge in [0.05, 0.1) is 0 Å². The standard InChI is InChI=1S/C15H21N/c1-9(2)7-12-11(4)14-13(15(12,5)6)8-10(3)16-14/h7-8,16H,1-6H3. The summed E-state index contributed by atoms with van der Waals surface area (Å²) in [4.78, 5) is 3.48. The fourth-order valence-electron chi connectivity index (χ4n) is 2.70. The molecule has 0 aromatic carbocycles. The SMILES string of the molecule is CC(C)=CC1=C(C)c2[nH]c(C)cc2C1(C)C. The van der Waals surface area contributed by atoms with Crippen molar-refractivity contribution < 1.29 is 0 Å². The molecular weight excluding hydrogens is 194 g/mol. The number of allylic oxidation sites excluding steroid dienone is 4. The van der Waals surface area contributed by atoms with E-state index in [9.17, 15) is 0 Å². The first-order chi connectivity index (χ1) is 7.34. The lowest BCUT2D eigenvalue weighted by Gasteiger charge is -2.22. The minimum Gasteiger partial charge on any atom is -0.359 e. The molecule has 86 valence electrons. The zero-order valence-electron chi connectivity index (χ0n) is 11.2. The number of aromatic nitrogens is 1. The van der Waals surface area contributed by atoms with Crippen molar-refractivity contribution in [2.24, 2.45) is 0 Å². The van der Waals surface area contributed by atoms with Crippen LogP contribution in [0.2, 0.25) is 0 Å². The molecule has 0 atom stereocenters. The van der Waals surface area contributed by atoms with Gasteiger partial charge in [-0.15, -0.1) is 0 Å². The third-order valence-corrected chi connectivity index (χ3v) is 3.51. The maximum Gasteiger partial charge on any atom is 0.0456 e. The molecule has 1 aliphatic carbocycles. The fourth-order valence-corrected chi connectivity index (χ4v) is 2.70. The van der Waals surface area contributed by atoms with Gasteiger partial charge in [0.1, 0.15) is 0 Å². The van der Waals surface area contributed by atoms with Gasteiger partial charge in [0.2, 0.25) is 0 Å². The van der Waals surface area contributed by atoms with E-state index in [0.29, 0.717) is 0 Å². The van der Waals surface area contributed by atoms with Crippen molar-refractivity contribution in [1.82, 2.24) is 4.98 Å². The molecule has 1 aromatic heterocycles. The molecule has 1 heteroatoms. The van der Waals surface area contributed by atoms with E-state index in [4.69, 9.17) is 0 Å². The van der Waals surface area contributed by atoms with Gasteiger partial charge >= 0.3 is 0 Å². The van der Waals surface area contributed by atoms with Crippen molar-refractivity contribution in [3.63, 3.8) is 0 Å². The highest BCUT2D eigenvalue weighted by molar-refractivity contribution is 5.79. The molecule has 0 bridgehead atoms. The molecule has 0 spiro atoms. The van der Waals surface area contributed by atoms with Crippen molar-refractivity contribution in [3.05, 3.63) is 40.2 Å². The molecule has 16 heavy (non-hydrogen) atoms. The first kappa shape index (κ1) is 11.3. The number of rotatable bonds is 1. The van der Waals surface area contributed by atoms with Crippen molar-refractivity contribution in [3.8, 4) is 0 Å².